The number of nitrogens with one attached hydrogen (secondary N) is 2. The first-order valence-corrected chi connectivity index (χ1v) is 5.05. The van der Waals surface area contributed by atoms with Crippen molar-refractivity contribution in [3.63, 3.8) is 0 Å². The minimum Gasteiger partial charge on any atom is -0.319 e. The summed E-state index contributed by atoms with van der Waals surface area (Å²) >= 11 is 0. The zero-order chi connectivity index (χ0) is 9.14. The smallest absolute Gasteiger partial charge is 0.00841 e. The minimum atomic E-state index is 0.663. The Balaban J connectivity index is 2.48. The van der Waals surface area contributed by atoms with Gasteiger partial charge in [-0.25, -0.2) is 0 Å². The fraction of sp³-hybridized carbons (Fsp3) is 1.00. The van der Waals surface area contributed by atoms with Crippen LogP contribution in [0.15, 0.2) is 0 Å². The Labute approximate surface area is 76.1 Å². The van der Waals surface area contributed by atoms with Crippen LogP contribution in [0, 0.1) is 11.8 Å². The first-order chi connectivity index (χ1) is 5.65. The van der Waals surface area contributed by atoms with Crippen molar-refractivity contribution in [2.45, 2.75) is 39.3 Å². The van der Waals surface area contributed by atoms with Gasteiger partial charge in [0.05, 0.1) is 0 Å². The maximum Gasteiger partial charge on any atom is 0.00841 e. The maximum absolute atomic E-state index is 3.60. The minimum absolute atomic E-state index is 0.663. The summed E-state index contributed by atoms with van der Waals surface area (Å²) in [6.45, 7) is 8.09. The fourth-order valence-electron chi connectivity index (χ4n) is 2.48. The molecule has 0 aromatic heterocycles. The molecule has 0 bridgehead atoms. The van der Waals surface area contributed by atoms with E-state index in [4.69, 9.17) is 0 Å². The lowest BCUT2D eigenvalue weighted by molar-refractivity contribution is 0.177. The molecule has 0 aromatic carbocycles. The van der Waals surface area contributed by atoms with Crippen LogP contribution in [0.1, 0.15) is 27.2 Å². The molecule has 0 aliphatic carbocycles. The second-order valence-electron chi connectivity index (χ2n) is 4.29. The molecule has 72 valence electrons. The van der Waals surface area contributed by atoms with E-state index in [-0.39, 0.29) is 0 Å². The van der Waals surface area contributed by atoms with Gasteiger partial charge in [0, 0.05) is 12.1 Å². The highest BCUT2D eigenvalue weighted by Gasteiger charge is 2.29. The summed E-state index contributed by atoms with van der Waals surface area (Å²) in [5, 5.41) is 6.88. The molecule has 1 saturated heterocycles. The van der Waals surface area contributed by atoms with Crippen LogP contribution in [0.3, 0.4) is 0 Å². The number of hydrogen-bond donors (Lipinski definition) is 2. The molecule has 0 spiro atoms. The highest BCUT2D eigenvalue weighted by molar-refractivity contribution is 4.87. The van der Waals surface area contributed by atoms with Crippen molar-refractivity contribution in [1.82, 2.24) is 10.6 Å². The van der Waals surface area contributed by atoms with Crippen LogP contribution in [-0.4, -0.2) is 25.7 Å². The van der Waals surface area contributed by atoms with Gasteiger partial charge in [0.15, 0.2) is 0 Å². The van der Waals surface area contributed by atoms with E-state index >= 15 is 0 Å². The Hall–Kier alpha value is -0.0800. The molecule has 1 aliphatic rings. The SMILES string of the molecule is CNCC1C(C)CC(C)NC1C. The van der Waals surface area contributed by atoms with Gasteiger partial charge in [0.1, 0.15) is 0 Å². The quantitative estimate of drug-likeness (QED) is 0.651. The lowest BCUT2D eigenvalue weighted by Crippen LogP contribution is -2.51. The van der Waals surface area contributed by atoms with Crippen LogP contribution < -0.4 is 10.6 Å². The van der Waals surface area contributed by atoms with Gasteiger partial charge < -0.3 is 10.6 Å². The molecule has 1 rings (SSSR count). The third-order valence-electron chi connectivity index (χ3n) is 3.09. The van der Waals surface area contributed by atoms with Crippen molar-refractivity contribution in [1.29, 1.82) is 0 Å². The zero-order valence-electron chi connectivity index (χ0n) is 8.72. The maximum atomic E-state index is 3.60. The van der Waals surface area contributed by atoms with Crippen molar-refractivity contribution in [3.05, 3.63) is 0 Å². The van der Waals surface area contributed by atoms with Crippen molar-refractivity contribution in [2.75, 3.05) is 13.6 Å². The Morgan fingerprint density at radius 3 is 2.50 bits per heavy atom. The van der Waals surface area contributed by atoms with Gasteiger partial charge in [0.25, 0.3) is 0 Å². The summed E-state index contributed by atoms with van der Waals surface area (Å²) < 4.78 is 0. The van der Waals surface area contributed by atoms with Crippen molar-refractivity contribution in [2.24, 2.45) is 11.8 Å². The van der Waals surface area contributed by atoms with Gasteiger partial charge in [0.2, 0.25) is 0 Å². The van der Waals surface area contributed by atoms with Gasteiger partial charge in [-0.1, -0.05) is 6.92 Å². The highest BCUT2D eigenvalue weighted by Crippen LogP contribution is 2.25. The van der Waals surface area contributed by atoms with E-state index in [0.717, 1.165) is 18.4 Å². The lowest BCUT2D eigenvalue weighted by atomic mass is 9.80. The lowest BCUT2D eigenvalue weighted by Gasteiger charge is -2.39. The molecule has 1 fully saturated rings. The van der Waals surface area contributed by atoms with E-state index in [1.807, 2.05) is 7.05 Å². The van der Waals surface area contributed by atoms with Crippen molar-refractivity contribution < 1.29 is 0 Å². The summed E-state index contributed by atoms with van der Waals surface area (Å²) in [5.41, 5.74) is 0. The van der Waals surface area contributed by atoms with E-state index < -0.39 is 0 Å². The second kappa shape index (κ2) is 4.24. The van der Waals surface area contributed by atoms with Crippen LogP contribution in [0.4, 0.5) is 0 Å². The van der Waals surface area contributed by atoms with E-state index in [1.165, 1.54) is 6.42 Å². The summed E-state index contributed by atoms with van der Waals surface area (Å²) in [4.78, 5) is 0. The van der Waals surface area contributed by atoms with Crippen LogP contribution in [-0.2, 0) is 0 Å². The van der Waals surface area contributed by atoms with E-state index in [2.05, 4.69) is 31.4 Å². The standard InChI is InChI=1S/C10H22N2/c1-7-5-8(2)12-9(3)10(7)6-11-4/h7-12H,5-6H2,1-4H3. The predicted octanol–water partition coefficient (Wildman–Crippen LogP) is 1.23. The molecular formula is C10H22N2. The molecule has 2 heteroatoms. The molecule has 0 aromatic rings. The van der Waals surface area contributed by atoms with Gasteiger partial charge in [-0.2, -0.15) is 0 Å². The highest BCUT2D eigenvalue weighted by atomic mass is 15.0. The van der Waals surface area contributed by atoms with Gasteiger partial charge in [-0.3, -0.25) is 0 Å². The Bertz CT molecular complexity index is 124. The third-order valence-corrected chi connectivity index (χ3v) is 3.09. The second-order valence-corrected chi connectivity index (χ2v) is 4.29. The fourth-order valence-corrected chi connectivity index (χ4v) is 2.48. The largest absolute Gasteiger partial charge is 0.319 e. The molecule has 2 N–H and O–H groups in total. The summed E-state index contributed by atoms with van der Waals surface area (Å²) in [7, 11) is 2.04. The molecule has 0 radical (unpaired) electrons. The number of hydrogen-bond acceptors (Lipinski definition) is 2. The first kappa shape index (κ1) is 10.0. The van der Waals surface area contributed by atoms with Gasteiger partial charge >= 0.3 is 0 Å². The van der Waals surface area contributed by atoms with E-state index in [9.17, 15) is 0 Å². The molecule has 0 amide bonds. The van der Waals surface area contributed by atoms with Crippen LogP contribution in [0.2, 0.25) is 0 Å². The molecule has 1 aliphatic heterocycles. The zero-order valence-corrected chi connectivity index (χ0v) is 8.72. The van der Waals surface area contributed by atoms with Gasteiger partial charge in [-0.05, 0) is 45.7 Å². The topological polar surface area (TPSA) is 24.1 Å². The molecule has 0 saturated carbocycles. The van der Waals surface area contributed by atoms with Crippen LogP contribution in [0.25, 0.3) is 0 Å². The Morgan fingerprint density at radius 1 is 1.33 bits per heavy atom. The number of rotatable bonds is 2. The van der Waals surface area contributed by atoms with E-state index in [1.54, 1.807) is 0 Å². The summed E-state index contributed by atoms with van der Waals surface area (Å²) in [6, 6.07) is 1.36. The van der Waals surface area contributed by atoms with Crippen molar-refractivity contribution in [3.8, 4) is 0 Å². The first-order valence-electron chi connectivity index (χ1n) is 5.05. The monoisotopic (exact) mass is 170 g/mol. The average molecular weight is 170 g/mol. The summed E-state index contributed by atoms with van der Waals surface area (Å²) in [5.74, 6) is 1.65. The molecule has 4 atom stereocenters. The van der Waals surface area contributed by atoms with E-state index in [0.29, 0.717) is 12.1 Å². The molecular weight excluding hydrogens is 148 g/mol. The molecule has 12 heavy (non-hydrogen) atoms. The molecule has 4 unspecified atom stereocenters. The summed E-state index contributed by atoms with van der Waals surface area (Å²) in [6.07, 6.45) is 1.32. The van der Waals surface area contributed by atoms with Crippen LogP contribution >= 0.6 is 0 Å². The van der Waals surface area contributed by atoms with Crippen molar-refractivity contribution >= 4 is 0 Å². The normalized spacial score (nSPS) is 43.0. The Kier molecular flexibility index (Phi) is 3.53. The van der Waals surface area contributed by atoms with Crippen LogP contribution in [0.5, 0.6) is 0 Å². The predicted molar refractivity (Wildman–Crippen MR) is 53.3 cm³/mol. The number of piperidine rings is 1. The average Bonchev–Trinajstić information content (AvgIpc) is 1.96. The Morgan fingerprint density at radius 2 is 2.00 bits per heavy atom. The molecule has 2 nitrogen and oxygen atoms in total. The third kappa shape index (κ3) is 2.20. The van der Waals surface area contributed by atoms with Gasteiger partial charge in [-0.15, -0.1) is 0 Å². The molecule has 1 heterocycles.